The molecule has 2 heterocycles. The van der Waals surface area contributed by atoms with Gasteiger partial charge in [0.15, 0.2) is 5.13 Å². The van der Waals surface area contributed by atoms with Crippen molar-refractivity contribution in [3.05, 3.63) is 58.9 Å². The number of anilines is 1. The number of carbonyl (C=O) groups is 1. The summed E-state index contributed by atoms with van der Waals surface area (Å²) in [4.78, 5) is 21.7. The number of fused-ring (bicyclic) bond motifs is 1. The monoisotopic (exact) mass is 419 g/mol. The van der Waals surface area contributed by atoms with Gasteiger partial charge >= 0.3 is 0 Å². The molecule has 1 saturated heterocycles. The third-order valence-corrected chi connectivity index (χ3v) is 5.94. The Morgan fingerprint density at radius 1 is 1.21 bits per heavy atom. The Morgan fingerprint density at radius 2 is 1.96 bits per heavy atom. The van der Waals surface area contributed by atoms with Crippen LogP contribution in [0.4, 0.5) is 9.52 Å². The molecule has 0 atom stereocenters. The van der Waals surface area contributed by atoms with Gasteiger partial charge < -0.3 is 4.74 Å². The van der Waals surface area contributed by atoms with Crippen LogP contribution in [0.2, 0.25) is 5.02 Å². The first kappa shape index (κ1) is 19.3. The van der Waals surface area contributed by atoms with Gasteiger partial charge in [0.1, 0.15) is 5.82 Å². The van der Waals surface area contributed by atoms with Crippen LogP contribution in [-0.2, 0) is 4.74 Å². The van der Waals surface area contributed by atoms with Crippen LogP contribution < -0.4 is 4.90 Å². The number of ether oxygens (including phenoxy) is 1. The van der Waals surface area contributed by atoms with E-state index in [4.69, 9.17) is 16.3 Å². The molecule has 146 valence electrons. The first-order valence-electron chi connectivity index (χ1n) is 9.04. The van der Waals surface area contributed by atoms with Crippen molar-refractivity contribution in [2.75, 3.05) is 44.3 Å². The molecule has 0 N–H and O–H groups in total. The van der Waals surface area contributed by atoms with Crippen molar-refractivity contribution in [1.82, 2.24) is 9.88 Å². The van der Waals surface area contributed by atoms with Gasteiger partial charge in [-0.25, -0.2) is 9.37 Å². The van der Waals surface area contributed by atoms with Crippen LogP contribution in [0, 0.1) is 5.82 Å². The Morgan fingerprint density at radius 3 is 2.71 bits per heavy atom. The van der Waals surface area contributed by atoms with Crippen molar-refractivity contribution in [2.24, 2.45) is 0 Å². The van der Waals surface area contributed by atoms with E-state index in [2.05, 4.69) is 9.88 Å². The van der Waals surface area contributed by atoms with Gasteiger partial charge in [0.05, 0.1) is 23.4 Å². The van der Waals surface area contributed by atoms with Crippen LogP contribution in [0.25, 0.3) is 10.2 Å². The van der Waals surface area contributed by atoms with Crippen molar-refractivity contribution < 1.29 is 13.9 Å². The van der Waals surface area contributed by atoms with E-state index >= 15 is 0 Å². The maximum Gasteiger partial charge on any atom is 0.260 e. The van der Waals surface area contributed by atoms with Gasteiger partial charge in [0.25, 0.3) is 5.91 Å². The highest BCUT2D eigenvalue weighted by Gasteiger charge is 2.23. The standard InChI is InChI=1S/C20H19ClFN3O2S/c21-15-3-1-14(2-4-15)19(26)25(8-7-24-9-11-27-12-10-24)20-23-17-6-5-16(22)13-18(17)28-20/h1-6,13H,7-12H2. The molecule has 0 unspecified atom stereocenters. The van der Waals surface area contributed by atoms with Crippen molar-refractivity contribution in [1.29, 1.82) is 0 Å². The molecule has 0 saturated carbocycles. The maximum absolute atomic E-state index is 13.6. The summed E-state index contributed by atoms with van der Waals surface area (Å²) in [6, 6.07) is 11.3. The number of morpholine rings is 1. The predicted molar refractivity (Wildman–Crippen MR) is 110 cm³/mol. The fourth-order valence-electron chi connectivity index (χ4n) is 3.10. The SMILES string of the molecule is O=C(c1ccc(Cl)cc1)N(CCN1CCOCC1)c1nc2ccc(F)cc2s1. The number of aromatic nitrogens is 1. The lowest BCUT2D eigenvalue weighted by Gasteiger charge is -2.29. The van der Waals surface area contributed by atoms with Gasteiger partial charge in [-0.1, -0.05) is 22.9 Å². The smallest absolute Gasteiger partial charge is 0.260 e. The number of hydrogen-bond acceptors (Lipinski definition) is 5. The average Bonchev–Trinajstić information content (AvgIpc) is 3.12. The zero-order valence-electron chi connectivity index (χ0n) is 15.1. The first-order chi connectivity index (χ1) is 13.6. The summed E-state index contributed by atoms with van der Waals surface area (Å²) in [5.41, 5.74) is 1.22. The summed E-state index contributed by atoms with van der Waals surface area (Å²) in [7, 11) is 0. The van der Waals surface area contributed by atoms with Gasteiger partial charge in [-0.3, -0.25) is 14.6 Å². The number of halogens is 2. The molecule has 1 aliphatic heterocycles. The van der Waals surface area contributed by atoms with Crippen LogP contribution in [-0.4, -0.2) is 55.2 Å². The molecule has 0 bridgehead atoms. The lowest BCUT2D eigenvalue weighted by Crippen LogP contribution is -2.43. The molecule has 28 heavy (non-hydrogen) atoms. The molecule has 1 fully saturated rings. The number of benzene rings is 2. The molecule has 3 aromatic rings. The van der Waals surface area contributed by atoms with Gasteiger partial charge in [-0.2, -0.15) is 0 Å². The summed E-state index contributed by atoms with van der Waals surface area (Å²) >= 11 is 7.27. The Bertz CT molecular complexity index is 973. The molecule has 1 amide bonds. The maximum atomic E-state index is 13.6. The Labute approximate surface area is 171 Å². The van der Waals surface area contributed by atoms with E-state index in [0.29, 0.717) is 47.5 Å². The van der Waals surface area contributed by atoms with Crippen molar-refractivity contribution in [3.8, 4) is 0 Å². The van der Waals surface area contributed by atoms with Crippen molar-refractivity contribution in [3.63, 3.8) is 0 Å². The third-order valence-electron chi connectivity index (χ3n) is 4.65. The van der Waals surface area contributed by atoms with Gasteiger partial charge in [0, 0.05) is 36.8 Å². The normalized spacial score (nSPS) is 15.1. The molecule has 8 heteroatoms. The lowest BCUT2D eigenvalue weighted by atomic mass is 10.2. The number of amides is 1. The largest absolute Gasteiger partial charge is 0.379 e. The van der Waals surface area contributed by atoms with E-state index in [1.54, 1.807) is 35.2 Å². The van der Waals surface area contributed by atoms with E-state index in [1.165, 1.54) is 23.5 Å². The lowest BCUT2D eigenvalue weighted by molar-refractivity contribution is 0.0391. The highest BCUT2D eigenvalue weighted by atomic mass is 35.5. The number of nitrogens with zero attached hydrogens (tertiary/aromatic N) is 3. The van der Waals surface area contributed by atoms with E-state index in [1.807, 2.05) is 0 Å². The van der Waals surface area contributed by atoms with Gasteiger partial charge in [-0.15, -0.1) is 0 Å². The van der Waals surface area contributed by atoms with Gasteiger partial charge in [-0.05, 0) is 42.5 Å². The van der Waals surface area contributed by atoms with Gasteiger partial charge in [0.2, 0.25) is 0 Å². The van der Waals surface area contributed by atoms with Crippen molar-refractivity contribution in [2.45, 2.75) is 0 Å². The predicted octanol–water partition coefficient (Wildman–Crippen LogP) is 4.07. The topological polar surface area (TPSA) is 45.7 Å². The molecular formula is C20H19ClFN3O2S. The quantitative estimate of drug-likeness (QED) is 0.625. The minimum Gasteiger partial charge on any atom is -0.379 e. The van der Waals surface area contributed by atoms with Crippen LogP contribution in [0.5, 0.6) is 0 Å². The third kappa shape index (κ3) is 4.33. The summed E-state index contributed by atoms with van der Waals surface area (Å²) in [6.07, 6.45) is 0. The second-order valence-corrected chi connectivity index (χ2v) is 7.97. The molecular weight excluding hydrogens is 401 g/mol. The Kier molecular flexibility index (Phi) is 5.87. The molecule has 0 radical (unpaired) electrons. The first-order valence-corrected chi connectivity index (χ1v) is 10.2. The zero-order valence-corrected chi connectivity index (χ0v) is 16.7. The van der Waals surface area contributed by atoms with Crippen LogP contribution in [0.15, 0.2) is 42.5 Å². The Balaban J connectivity index is 1.62. The number of rotatable bonds is 5. The molecule has 0 spiro atoms. The molecule has 2 aromatic carbocycles. The Hall–Kier alpha value is -2.06. The van der Waals surface area contributed by atoms with E-state index in [0.717, 1.165) is 17.8 Å². The summed E-state index contributed by atoms with van der Waals surface area (Å²) in [5.74, 6) is -0.462. The van der Waals surface area contributed by atoms with Crippen molar-refractivity contribution >= 4 is 44.2 Å². The van der Waals surface area contributed by atoms with Crippen LogP contribution in [0.3, 0.4) is 0 Å². The molecule has 1 aliphatic rings. The highest BCUT2D eigenvalue weighted by molar-refractivity contribution is 7.22. The fourth-order valence-corrected chi connectivity index (χ4v) is 4.24. The minimum absolute atomic E-state index is 0.149. The van der Waals surface area contributed by atoms with E-state index < -0.39 is 0 Å². The molecule has 1 aromatic heterocycles. The highest BCUT2D eigenvalue weighted by Crippen LogP contribution is 2.30. The molecule has 5 nitrogen and oxygen atoms in total. The van der Waals surface area contributed by atoms with E-state index in [9.17, 15) is 9.18 Å². The molecule has 4 rings (SSSR count). The second-order valence-electron chi connectivity index (χ2n) is 6.53. The number of hydrogen-bond donors (Lipinski definition) is 0. The second kappa shape index (κ2) is 8.53. The summed E-state index contributed by atoms with van der Waals surface area (Å²) < 4.78 is 19.7. The van der Waals surface area contributed by atoms with Crippen LogP contribution in [0.1, 0.15) is 10.4 Å². The number of carbonyl (C=O) groups excluding carboxylic acids is 1. The van der Waals surface area contributed by atoms with E-state index in [-0.39, 0.29) is 11.7 Å². The molecule has 0 aliphatic carbocycles. The van der Waals surface area contributed by atoms with Crippen LogP contribution >= 0.6 is 22.9 Å². The number of thiazole rings is 1. The summed E-state index contributed by atoms with van der Waals surface area (Å²) in [6.45, 7) is 4.29. The average molecular weight is 420 g/mol. The zero-order chi connectivity index (χ0) is 19.5. The fraction of sp³-hybridized carbons (Fsp3) is 0.300. The summed E-state index contributed by atoms with van der Waals surface area (Å²) in [5, 5.41) is 1.14. The minimum atomic E-state index is -0.313.